The van der Waals surface area contributed by atoms with Gasteiger partial charge < -0.3 is 10.6 Å². The van der Waals surface area contributed by atoms with E-state index in [0.717, 1.165) is 16.3 Å². The lowest BCUT2D eigenvalue weighted by Gasteiger charge is -2.10. The van der Waals surface area contributed by atoms with Gasteiger partial charge in [-0.05, 0) is 40.6 Å². The van der Waals surface area contributed by atoms with Crippen LogP contribution in [-0.2, 0) is 16.0 Å². The highest BCUT2D eigenvalue weighted by atomic mass is 19.1. The molecule has 0 radical (unpaired) electrons. The van der Waals surface area contributed by atoms with Gasteiger partial charge in [0.1, 0.15) is 5.69 Å². The first kappa shape index (κ1) is 19.3. The van der Waals surface area contributed by atoms with Gasteiger partial charge >= 0.3 is 0 Å². The summed E-state index contributed by atoms with van der Waals surface area (Å²) < 4.78 is 15.7. The average molecular weight is 402 g/mol. The number of aromatic nitrogens is 2. The van der Waals surface area contributed by atoms with Crippen molar-refractivity contribution in [2.45, 2.75) is 6.42 Å². The minimum atomic E-state index is -0.517. The summed E-state index contributed by atoms with van der Waals surface area (Å²) in [7, 11) is 0. The molecule has 7 heteroatoms. The number of hydrogen-bond acceptors (Lipinski definition) is 3. The summed E-state index contributed by atoms with van der Waals surface area (Å²) in [5.74, 6) is -1.22. The second kappa shape index (κ2) is 8.57. The molecule has 0 saturated carbocycles. The fraction of sp³-hybridized carbons (Fsp3) is 0.0870. The highest BCUT2D eigenvalue weighted by Crippen LogP contribution is 2.19. The van der Waals surface area contributed by atoms with E-state index in [-0.39, 0.29) is 24.6 Å². The Morgan fingerprint density at radius 1 is 0.967 bits per heavy atom. The Morgan fingerprint density at radius 3 is 2.60 bits per heavy atom. The molecule has 30 heavy (non-hydrogen) atoms. The van der Waals surface area contributed by atoms with E-state index < -0.39 is 11.7 Å². The summed E-state index contributed by atoms with van der Waals surface area (Å²) >= 11 is 0. The molecule has 0 fully saturated rings. The van der Waals surface area contributed by atoms with Crippen molar-refractivity contribution in [2.75, 3.05) is 11.9 Å². The number of nitrogens with one attached hydrogen (secondary N) is 2. The molecule has 0 unspecified atom stereocenters. The van der Waals surface area contributed by atoms with Gasteiger partial charge in [-0.2, -0.15) is 5.10 Å². The Labute approximate surface area is 172 Å². The van der Waals surface area contributed by atoms with Crippen LogP contribution in [0.15, 0.2) is 79.1 Å². The van der Waals surface area contributed by atoms with Crippen molar-refractivity contribution in [2.24, 2.45) is 0 Å². The highest BCUT2D eigenvalue weighted by molar-refractivity contribution is 5.96. The number of rotatable bonds is 6. The first-order valence-corrected chi connectivity index (χ1v) is 9.43. The predicted octanol–water partition coefficient (Wildman–Crippen LogP) is 3.46. The van der Waals surface area contributed by atoms with Crippen LogP contribution in [0.4, 0.5) is 10.1 Å². The number of anilines is 1. The molecule has 0 saturated heterocycles. The molecule has 1 aromatic heterocycles. The van der Waals surface area contributed by atoms with Gasteiger partial charge in [0.05, 0.1) is 13.0 Å². The normalized spacial score (nSPS) is 10.7. The third kappa shape index (κ3) is 4.35. The third-order valence-corrected chi connectivity index (χ3v) is 4.66. The first-order valence-electron chi connectivity index (χ1n) is 9.43. The standard InChI is InChI=1S/C23H19FN4O2/c24-20-14-18(9-10-21(20)28-12-4-11-26-28)27-23(30)15-25-22(29)13-17-7-3-6-16-5-1-2-8-19(16)17/h1-12,14H,13,15H2,(H,25,29)(H,27,30). The number of carbonyl (C=O) groups is 2. The molecule has 3 aromatic carbocycles. The minimum Gasteiger partial charge on any atom is -0.347 e. The summed E-state index contributed by atoms with van der Waals surface area (Å²) in [5.41, 5.74) is 1.47. The van der Waals surface area contributed by atoms with Crippen LogP contribution >= 0.6 is 0 Å². The second-order valence-corrected chi connectivity index (χ2v) is 6.76. The fourth-order valence-electron chi connectivity index (χ4n) is 3.25. The van der Waals surface area contributed by atoms with Crippen LogP contribution in [0.3, 0.4) is 0 Å². The summed E-state index contributed by atoms with van der Waals surface area (Å²) in [6, 6.07) is 19.6. The van der Waals surface area contributed by atoms with Crippen LogP contribution in [0, 0.1) is 5.82 Å². The van der Waals surface area contributed by atoms with Gasteiger partial charge in [0.2, 0.25) is 11.8 Å². The van der Waals surface area contributed by atoms with Gasteiger partial charge in [-0.15, -0.1) is 0 Å². The quantitative estimate of drug-likeness (QED) is 0.519. The summed E-state index contributed by atoms with van der Waals surface area (Å²) in [6.45, 7) is -0.202. The second-order valence-electron chi connectivity index (χ2n) is 6.76. The number of nitrogens with zero attached hydrogens (tertiary/aromatic N) is 2. The van der Waals surface area contributed by atoms with E-state index in [1.807, 2.05) is 42.5 Å². The van der Waals surface area contributed by atoms with Gasteiger partial charge in [0.15, 0.2) is 5.82 Å². The SMILES string of the molecule is O=C(Cc1cccc2ccccc12)NCC(=O)Nc1ccc(-n2cccn2)c(F)c1. The molecular formula is C23H19FN4O2. The monoisotopic (exact) mass is 402 g/mol. The predicted molar refractivity (Wildman–Crippen MR) is 113 cm³/mol. The molecule has 4 rings (SSSR count). The zero-order valence-electron chi connectivity index (χ0n) is 16.0. The van der Waals surface area contributed by atoms with Crippen LogP contribution in [0.1, 0.15) is 5.56 Å². The molecule has 0 atom stereocenters. The minimum absolute atomic E-state index is 0.168. The first-order chi connectivity index (χ1) is 14.6. The van der Waals surface area contributed by atoms with Crippen molar-refractivity contribution in [3.05, 3.63) is 90.5 Å². The third-order valence-electron chi connectivity index (χ3n) is 4.66. The van der Waals surface area contributed by atoms with Crippen LogP contribution in [-0.4, -0.2) is 28.1 Å². The molecule has 2 N–H and O–H groups in total. The van der Waals surface area contributed by atoms with Gasteiger partial charge in [-0.25, -0.2) is 9.07 Å². The zero-order valence-corrected chi connectivity index (χ0v) is 16.0. The molecule has 4 aromatic rings. The number of fused-ring (bicyclic) bond motifs is 1. The van der Waals surface area contributed by atoms with Crippen molar-refractivity contribution in [3.8, 4) is 5.69 Å². The van der Waals surface area contributed by atoms with Crippen molar-refractivity contribution in [3.63, 3.8) is 0 Å². The Balaban J connectivity index is 1.33. The highest BCUT2D eigenvalue weighted by Gasteiger charge is 2.11. The fourth-order valence-corrected chi connectivity index (χ4v) is 3.25. The smallest absolute Gasteiger partial charge is 0.243 e. The molecule has 150 valence electrons. The van der Waals surface area contributed by atoms with Crippen molar-refractivity contribution < 1.29 is 14.0 Å². The number of hydrogen-bond donors (Lipinski definition) is 2. The van der Waals surface area contributed by atoms with Gasteiger partial charge in [-0.3, -0.25) is 9.59 Å². The zero-order chi connectivity index (χ0) is 20.9. The summed E-state index contributed by atoms with van der Waals surface area (Å²) in [5, 5.41) is 11.2. The molecular weight excluding hydrogens is 383 g/mol. The van der Waals surface area contributed by atoms with E-state index in [2.05, 4.69) is 15.7 Å². The van der Waals surface area contributed by atoms with Crippen molar-refractivity contribution in [1.29, 1.82) is 0 Å². The van der Waals surface area contributed by atoms with Gasteiger partial charge in [0, 0.05) is 18.1 Å². The molecule has 0 aliphatic rings. The van der Waals surface area contributed by atoms with Crippen LogP contribution in [0.5, 0.6) is 0 Å². The van der Waals surface area contributed by atoms with E-state index in [0.29, 0.717) is 5.69 Å². The number of halogens is 1. The Morgan fingerprint density at radius 2 is 1.80 bits per heavy atom. The number of carbonyl (C=O) groups excluding carboxylic acids is 2. The van der Waals surface area contributed by atoms with E-state index in [9.17, 15) is 14.0 Å². The van der Waals surface area contributed by atoms with Gasteiger partial charge in [-0.1, -0.05) is 42.5 Å². The summed E-state index contributed by atoms with van der Waals surface area (Å²) in [4.78, 5) is 24.4. The number of amides is 2. The van der Waals surface area contributed by atoms with E-state index >= 15 is 0 Å². The van der Waals surface area contributed by atoms with Crippen LogP contribution in [0.25, 0.3) is 16.5 Å². The molecule has 6 nitrogen and oxygen atoms in total. The number of benzene rings is 3. The van der Waals surface area contributed by atoms with Crippen molar-refractivity contribution in [1.82, 2.24) is 15.1 Å². The van der Waals surface area contributed by atoms with E-state index in [4.69, 9.17) is 0 Å². The molecule has 1 heterocycles. The average Bonchev–Trinajstić information content (AvgIpc) is 3.27. The summed E-state index contributed by atoms with van der Waals surface area (Å²) in [6.07, 6.45) is 3.35. The maximum absolute atomic E-state index is 14.3. The molecule has 0 bridgehead atoms. The van der Waals surface area contributed by atoms with Crippen LogP contribution in [0.2, 0.25) is 0 Å². The Bertz CT molecular complexity index is 1200. The molecule has 0 aliphatic carbocycles. The lowest BCUT2D eigenvalue weighted by molar-refractivity contribution is -0.123. The lowest BCUT2D eigenvalue weighted by Crippen LogP contribution is -2.33. The topological polar surface area (TPSA) is 76.0 Å². The Kier molecular flexibility index (Phi) is 5.52. The maximum Gasteiger partial charge on any atom is 0.243 e. The molecule has 0 aliphatic heterocycles. The van der Waals surface area contributed by atoms with E-state index in [1.165, 1.54) is 16.8 Å². The van der Waals surface area contributed by atoms with Gasteiger partial charge in [0.25, 0.3) is 0 Å². The van der Waals surface area contributed by atoms with Crippen molar-refractivity contribution >= 4 is 28.3 Å². The Hall–Kier alpha value is -4.00. The maximum atomic E-state index is 14.3. The largest absolute Gasteiger partial charge is 0.347 e. The van der Waals surface area contributed by atoms with E-state index in [1.54, 1.807) is 24.5 Å². The molecule has 0 spiro atoms. The molecule has 2 amide bonds. The van der Waals surface area contributed by atoms with Crippen LogP contribution < -0.4 is 10.6 Å². The lowest BCUT2D eigenvalue weighted by atomic mass is 10.0.